The topological polar surface area (TPSA) is 123 Å². The van der Waals surface area contributed by atoms with Gasteiger partial charge in [-0.15, -0.1) is 11.3 Å². The fourth-order valence-corrected chi connectivity index (χ4v) is 4.06. The van der Waals surface area contributed by atoms with Gasteiger partial charge < -0.3 is 10.6 Å². The zero-order valence-corrected chi connectivity index (χ0v) is 20.1. The van der Waals surface area contributed by atoms with Gasteiger partial charge in [0, 0.05) is 12.4 Å². The van der Waals surface area contributed by atoms with E-state index in [9.17, 15) is 27.2 Å². The molecule has 0 unspecified atom stereocenters. The van der Waals surface area contributed by atoms with E-state index in [0.29, 0.717) is 11.1 Å². The summed E-state index contributed by atoms with van der Waals surface area (Å²) in [4.78, 5) is 44.5. The number of carbonyl (C=O) groups is 2. The molecule has 0 aliphatic rings. The number of pyridine rings is 2. The maximum Gasteiger partial charge on any atom is 0.418 e. The highest BCUT2D eigenvalue weighted by atomic mass is 35.5. The number of halogens is 5. The van der Waals surface area contributed by atoms with Crippen LogP contribution in [0.3, 0.4) is 0 Å². The van der Waals surface area contributed by atoms with E-state index in [4.69, 9.17) is 11.6 Å². The number of carbonyl (C=O) groups excluding carboxylic acids is 2. The first-order chi connectivity index (χ1) is 17.5. The van der Waals surface area contributed by atoms with Crippen molar-refractivity contribution in [3.8, 4) is 11.3 Å². The lowest BCUT2D eigenvalue weighted by atomic mass is 10.1. The minimum absolute atomic E-state index is 0.0380. The summed E-state index contributed by atoms with van der Waals surface area (Å²) in [6.45, 7) is 1.61. The predicted octanol–water partition coefficient (Wildman–Crippen LogP) is 4.94. The number of rotatable bonds is 6. The Morgan fingerprint density at radius 3 is 2.57 bits per heavy atom. The molecule has 2 amide bonds. The largest absolute Gasteiger partial charge is 0.418 e. The van der Waals surface area contributed by atoms with Crippen LogP contribution < -0.4 is 10.6 Å². The zero-order chi connectivity index (χ0) is 26.7. The van der Waals surface area contributed by atoms with Crippen LogP contribution in [0.5, 0.6) is 0 Å². The molecule has 0 spiro atoms. The van der Waals surface area contributed by atoms with Gasteiger partial charge in [-0.2, -0.15) is 17.6 Å². The molecule has 15 heteroatoms. The molecule has 0 bridgehead atoms. The average Bonchev–Trinajstić information content (AvgIpc) is 3.36. The molecule has 0 saturated carbocycles. The summed E-state index contributed by atoms with van der Waals surface area (Å²) in [6, 6.07) is 4.24. The molecule has 0 fully saturated rings. The van der Waals surface area contributed by atoms with Crippen LogP contribution in [0.1, 0.15) is 43.7 Å². The molecule has 1 atom stereocenters. The van der Waals surface area contributed by atoms with Crippen LogP contribution in [0.25, 0.3) is 11.3 Å². The van der Waals surface area contributed by atoms with Crippen LogP contribution in [0.2, 0.25) is 5.02 Å². The van der Waals surface area contributed by atoms with E-state index in [2.05, 4.69) is 35.6 Å². The minimum Gasteiger partial charge on any atom is -0.342 e. The number of amides is 2. The molecule has 9 nitrogen and oxygen atoms in total. The molecular formula is C22H14ClF4N7O2S. The van der Waals surface area contributed by atoms with Gasteiger partial charge in [-0.25, -0.2) is 24.9 Å². The summed E-state index contributed by atoms with van der Waals surface area (Å²) in [5, 5.41) is 4.67. The summed E-state index contributed by atoms with van der Waals surface area (Å²) >= 11 is 6.46. The van der Waals surface area contributed by atoms with Crippen molar-refractivity contribution in [1.82, 2.24) is 30.2 Å². The van der Waals surface area contributed by atoms with Crippen LogP contribution in [-0.2, 0) is 6.18 Å². The first-order valence-electron chi connectivity index (χ1n) is 10.3. The minimum atomic E-state index is -4.72. The van der Waals surface area contributed by atoms with E-state index >= 15 is 0 Å². The first-order valence-corrected chi connectivity index (χ1v) is 11.5. The van der Waals surface area contributed by atoms with Crippen molar-refractivity contribution in [3.05, 3.63) is 81.3 Å². The van der Waals surface area contributed by atoms with Gasteiger partial charge >= 0.3 is 6.18 Å². The smallest absolute Gasteiger partial charge is 0.342 e. The van der Waals surface area contributed by atoms with Crippen LogP contribution >= 0.6 is 22.9 Å². The summed E-state index contributed by atoms with van der Waals surface area (Å²) < 4.78 is 53.1. The fraction of sp³-hybridized carbons (Fsp3) is 0.136. The monoisotopic (exact) mass is 551 g/mol. The molecule has 4 aromatic rings. The molecule has 0 saturated heterocycles. The van der Waals surface area contributed by atoms with E-state index in [1.54, 1.807) is 6.92 Å². The SMILES string of the molecule is C[C@H](NC(=O)c1cc(-c2cccnc2F)ncn1)c1ncc(C(=O)Nc2cc(C(F)(F)F)c(Cl)cn2)s1. The number of hydrogen-bond donors (Lipinski definition) is 2. The second kappa shape index (κ2) is 10.5. The highest BCUT2D eigenvalue weighted by Gasteiger charge is 2.34. The van der Waals surface area contributed by atoms with Crippen molar-refractivity contribution in [1.29, 1.82) is 0 Å². The molecule has 0 aliphatic heterocycles. The number of aromatic nitrogens is 5. The lowest BCUT2D eigenvalue weighted by molar-refractivity contribution is -0.137. The van der Waals surface area contributed by atoms with Gasteiger partial charge in [0.15, 0.2) is 0 Å². The van der Waals surface area contributed by atoms with E-state index in [1.807, 2.05) is 0 Å². The molecular weight excluding hydrogens is 538 g/mol. The molecule has 190 valence electrons. The molecule has 0 aliphatic carbocycles. The third-order valence-corrected chi connectivity index (χ3v) is 6.28. The third kappa shape index (κ3) is 6.03. The second-order valence-corrected chi connectivity index (χ2v) is 8.86. The van der Waals surface area contributed by atoms with Crippen molar-refractivity contribution in [2.24, 2.45) is 0 Å². The van der Waals surface area contributed by atoms with Crippen molar-refractivity contribution >= 4 is 40.6 Å². The first kappa shape index (κ1) is 26.0. The molecule has 37 heavy (non-hydrogen) atoms. The Hall–Kier alpha value is -4.04. The Morgan fingerprint density at radius 2 is 1.84 bits per heavy atom. The molecule has 0 radical (unpaired) electrons. The van der Waals surface area contributed by atoms with Crippen LogP contribution in [-0.4, -0.2) is 36.7 Å². The molecule has 2 N–H and O–H groups in total. The molecule has 4 rings (SSSR count). The number of thiazole rings is 1. The van der Waals surface area contributed by atoms with Gasteiger partial charge in [-0.1, -0.05) is 11.6 Å². The molecule has 0 aromatic carbocycles. The highest BCUT2D eigenvalue weighted by molar-refractivity contribution is 7.13. The summed E-state index contributed by atoms with van der Waals surface area (Å²) in [7, 11) is 0. The Kier molecular flexibility index (Phi) is 7.40. The number of nitrogens with zero attached hydrogens (tertiary/aromatic N) is 5. The Bertz CT molecular complexity index is 1480. The Morgan fingerprint density at radius 1 is 1.05 bits per heavy atom. The lowest BCUT2D eigenvalue weighted by Crippen LogP contribution is -2.27. The van der Waals surface area contributed by atoms with Crippen LogP contribution in [0.4, 0.5) is 23.4 Å². The molecule has 4 heterocycles. The number of alkyl halides is 3. The average molecular weight is 552 g/mol. The van der Waals surface area contributed by atoms with Crippen molar-refractivity contribution in [2.75, 3.05) is 5.32 Å². The van der Waals surface area contributed by atoms with Gasteiger partial charge in [0.05, 0.1) is 34.1 Å². The van der Waals surface area contributed by atoms with Gasteiger partial charge in [-0.3, -0.25) is 9.59 Å². The summed E-state index contributed by atoms with van der Waals surface area (Å²) in [5.74, 6) is -2.45. The normalized spacial score (nSPS) is 12.2. The predicted molar refractivity (Wildman–Crippen MR) is 125 cm³/mol. The lowest BCUT2D eigenvalue weighted by Gasteiger charge is -2.11. The van der Waals surface area contributed by atoms with E-state index in [-0.39, 0.29) is 27.6 Å². The summed E-state index contributed by atoms with van der Waals surface area (Å²) in [6.07, 6.45) is -0.323. The Balaban J connectivity index is 1.44. The van der Waals surface area contributed by atoms with Gasteiger partial charge in [-0.05, 0) is 31.2 Å². The van der Waals surface area contributed by atoms with E-state index < -0.39 is 40.6 Å². The van der Waals surface area contributed by atoms with Gasteiger partial charge in [0.25, 0.3) is 11.8 Å². The van der Waals surface area contributed by atoms with Crippen LogP contribution in [0, 0.1) is 5.95 Å². The fourth-order valence-electron chi connectivity index (χ4n) is 3.03. The van der Waals surface area contributed by atoms with E-state index in [0.717, 1.165) is 23.9 Å². The second-order valence-electron chi connectivity index (χ2n) is 7.39. The van der Waals surface area contributed by atoms with Gasteiger partial charge in [0.1, 0.15) is 27.7 Å². The maximum atomic E-state index is 14.0. The number of anilines is 1. The third-order valence-electron chi connectivity index (χ3n) is 4.80. The highest BCUT2D eigenvalue weighted by Crippen LogP contribution is 2.35. The zero-order valence-electron chi connectivity index (χ0n) is 18.5. The molecule has 4 aromatic heterocycles. The van der Waals surface area contributed by atoms with Crippen molar-refractivity contribution < 1.29 is 27.2 Å². The van der Waals surface area contributed by atoms with E-state index in [1.165, 1.54) is 30.6 Å². The Labute approximate surface area is 215 Å². The van der Waals surface area contributed by atoms with Crippen LogP contribution in [0.15, 0.2) is 49.2 Å². The van der Waals surface area contributed by atoms with Gasteiger partial charge in [0.2, 0.25) is 5.95 Å². The van der Waals surface area contributed by atoms with Crippen molar-refractivity contribution in [2.45, 2.75) is 19.1 Å². The quantitative estimate of drug-likeness (QED) is 0.257. The van der Waals surface area contributed by atoms with Crippen molar-refractivity contribution in [3.63, 3.8) is 0 Å². The number of hydrogen-bond acceptors (Lipinski definition) is 8. The summed E-state index contributed by atoms with van der Waals surface area (Å²) in [5.41, 5.74) is -0.917. The standard InChI is InChI=1S/C22H14ClF4N7O2S/c1-10(33-19(35)15-6-14(31-9-32-15)11-3-2-4-28-18(11)24)21-30-8-16(37-21)20(36)34-17-5-12(22(25,26)27)13(23)7-29-17/h2-10H,1H3,(H,33,35)(H,29,34,36)/t10-/m0/s1. The maximum absolute atomic E-state index is 14.0. The number of nitrogens with one attached hydrogen (secondary N) is 2.